The first kappa shape index (κ1) is 12.5. The van der Waals surface area contributed by atoms with Gasteiger partial charge in [0.15, 0.2) is 0 Å². The van der Waals surface area contributed by atoms with Crippen LogP contribution in [-0.2, 0) is 7.05 Å². The van der Waals surface area contributed by atoms with Crippen LogP contribution in [0.15, 0.2) is 48.7 Å². The van der Waals surface area contributed by atoms with Crippen LogP contribution in [0.3, 0.4) is 0 Å². The standard InChI is InChI=1S/C16H16FN3/c1-19-10-16(12-5-3-4-6-14(12)19)20(2)15-8-7-11(17)9-13(15)18/h3-10H,18H2,1-2H3. The van der Waals surface area contributed by atoms with Gasteiger partial charge in [0.1, 0.15) is 5.82 Å². The van der Waals surface area contributed by atoms with Gasteiger partial charge in [-0.3, -0.25) is 0 Å². The third kappa shape index (κ3) is 1.90. The molecule has 0 saturated carbocycles. The molecule has 3 rings (SSSR count). The number of benzene rings is 2. The molecule has 0 aliphatic rings. The maximum Gasteiger partial charge on any atom is 0.125 e. The fraction of sp³-hybridized carbons (Fsp3) is 0.125. The number of nitrogens with two attached hydrogens (primary N) is 1. The number of aromatic nitrogens is 1. The molecule has 1 heterocycles. The monoisotopic (exact) mass is 269 g/mol. The van der Waals surface area contributed by atoms with Crippen molar-refractivity contribution in [2.75, 3.05) is 17.7 Å². The first-order chi connectivity index (χ1) is 9.58. The van der Waals surface area contributed by atoms with E-state index in [1.54, 1.807) is 6.07 Å². The first-order valence-electron chi connectivity index (χ1n) is 6.41. The number of halogens is 1. The minimum Gasteiger partial charge on any atom is -0.397 e. The molecule has 2 aromatic carbocycles. The first-order valence-corrected chi connectivity index (χ1v) is 6.41. The van der Waals surface area contributed by atoms with Gasteiger partial charge in [-0.05, 0) is 24.3 Å². The summed E-state index contributed by atoms with van der Waals surface area (Å²) in [6, 6.07) is 12.6. The molecule has 0 spiro atoms. The highest BCUT2D eigenvalue weighted by Gasteiger charge is 2.13. The highest BCUT2D eigenvalue weighted by molar-refractivity contribution is 5.96. The van der Waals surface area contributed by atoms with Crippen LogP contribution in [0.4, 0.5) is 21.5 Å². The Morgan fingerprint density at radius 1 is 1.10 bits per heavy atom. The summed E-state index contributed by atoms with van der Waals surface area (Å²) >= 11 is 0. The van der Waals surface area contributed by atoms with Crippen LogP contribution >= 0.6 is 0 Å². The lowest BCUT2D eigenvalue weighted by molar-refractivity contribution is 0.628. The molecule has 2 N–H and O–H groups in total. The van der Waals surface area contributed by atoms with Crippen molar-refractivity contribution in [1.29, 1.82) is 0 Å². The third-order valence-electron chi connectivity index (χ3n) is 3.59. The second-order valence-corrected chi connectivity index (χ2v) is 4.90. The Morgan fingerprint density at radius 3 is 2.60 bits per heavy atom. The SMILES string of the molecule is CN(c1ccc(F)cc1N)c1cn(C)c2ccccc12. The number of rotatable bonds is 2. The van der Waals surface area contributed by atoms with Crippen molar-refractivity contribution in [2.45, 2.75) is 0 Å². The van der Waals surface area contributed by atoms with Gasteiger partial charge in [0, 0.05) is 31.2 Å². The van der Waals surface area contributed by atoms with E-state index in [4.69, 9.17) is 5.73 Å². The van der Waals surface area contributed by atoms with E-state index >= 15 is 0 Å². The third-order valence-corrected chi connectivity index (χ3v) is 3.59. The smallest absolute Gasteiger partial charge is 0.125 e. The van der Waals surface area contributed by atoms with Crippen LogP contribution in [-0.4, -0.2) is 11.6 Å². The van der Waals surface area contributed by atoms with E-state index in [9.17, 15) is 4.39 Å². The van der Waals surface area contributed by atoms with Gasteiger partial charge >= 0.3 is 0 Å². The Labute approximate surface area is 117 Å². The molecule has 3 aromatic rings. The number of nitrogens with zero attached hydrogens (tertiary/aromatic N) is 2. The van der Waals surface area contributed by atoms with Crippen molar-refractivity contribution < 1.29 is 4.39 Å². The van der Waals surface area contributed by atoms with Crippen molar-refractivity contribution in [3.05, 3.63) is 54.5 Å². The van der Waals surface area contributed by atoms with Crippen LogP contribution in [0.5, 0.6) is 0 Å². The van der Waals surface area contributed by atoms with Crippen molar-refractivity contribution in [3.63, 3.8) is 0 Å². The molecule has 102 valence electrons. The van der Waals surface area contributed by atoms with Crippen LogP contribution in [0.2, 0.25) is 0 Å². The summed E-state index contributed by atoms with van der Waals surface area (Å²) in [5.41, 5.74) is 9.34. The summed E-state index contributed by atoms with van der Waals surface area (Å²) in [6.07, 6.45) is 2.05. The van der Waals surface area contributed by atoms with Crippen molar-refractivity contribution in [2.24, 2.45) is 7.05 Å². The summed E-state index contributed by atoms with van der Waals surface area (Å²) in [6.45, 7) is 0. The molecule has 3 nitrogen and oxygen atoms in total. The molecular weight excluding hydrogens is 253 g/mol. The van der Waals surface area contributed by atoms with Gasteiger partial charge in [-0.15, -0.1) is 0 Å². The van der Waals surface area contributed by atoms with Gasteiger partial charge < -0.3 is 15.2 Å². The minimum absolute atomic E-state index is 0.322. The van der Waals surface area contributed by atoms with Crippen LogP contribution in [0, 0.1) is 5.82 Å². The highest BCUT2D eigenvalue weighted by Crippen LogP contribution is 2.35. The largest absolute Gasteiger partial charge is 0.397 e. The van der Waals surface area contributed by atoms with Gasteiger partial charge in [0.2, 0.25) is 0 Å². The van der Waals surface area contributed by atoms with Gasteiger partial charge in [0.05, 0.1) is 17.1 Å². The van der Waals surface area contributed by atoms with Gasteiger partial charge in [0.25, 0.3) is 0 Å². The zero-order chi connectivity index (χ0) is 14.3. The fourth-order valence-electron chi connectivity index (χ4n) is 2.55. The molecule has 0 aliphatic heterocycles. The lowest BCUT2D eigenvalue weighted by Crippen LogP contribution is -2.11. The number of nitrogen functional groups attached to an aromatic ring is 1. The Kier molecular flexibility index (Phi) is 2.86. The molecular formula is C16H16FN3. The molecule has 0 bridgehead atoms. The number of anilines is 3. The zero-order valence-electron chi connectivity index (χ0n) is 11.5. The van der Waals surface area contributed by atoms with E-state index in [1.807, 2.05) is 37.3 Å². The molecule has 1 aromatic heterocycles. The normalized spacial score (nSPS) is 10.9. The molecule has 20 heavy (non-hydrogen) atoms. The number of hydrogen-bond donors (Lipinski definition) is 1. The van der Waals surface area contributed by atoms with Crippen molar-refractivity contribution in [1.82, 2.24) is 4.57 Å². The number of aryl methyl sites for hydroxylation is 1. The van der Waals surface area contributed by atoms with Gasteiger partial charge in [-0.25, -0.2) is 4.39 Å². The predicted molar refractivity (Wildman–Crippen MR) is 81.8 cm³/mol. The van der Waals surface area contributed by atoms with E-state index in [0.717, 1.165) is 22.3 Å². The van der Waals surface area contributed by atoms with Gasteiger partial charge in [-0.1, -0.05) is 18.2 Å². The molecule has 0 amide bonds. The number of hydrogen-bond acceptors (Lipinski definition) is 2. The quantitative estimate of drug-likeness (QED) is 0.720. The maximum absolute atomic E-state index is 13.2. The van der Waals surface area contributed by atoms with Crippen molar-refractivity contribution >= 4 is 28.0 Å². The van der Waals surface area contributed by atoms with E-state index in [1.165, 1.54) is 12.1 Å². The van der Waals surface area contributed by atoms with E-state index in [-0.39, 0.29) is 5.82 Å². The minimum atomic E-state index is -0.322. The fourth-order valence-corrected chi connectivity index (χ4v) is 2.55. The summed E-state index contributed by atoms with van der Waals surface area (Å²) in [7, 11) is 3.94. The molecule has 0 saturated heterocycles. The van der Waals surface area contributed by atoms with Crippen molar-refractivity contribution in [3.8, 4) is 0 Å². The Bertz CT molecular complexity index is 776. The Morgan fingerprint density at radius 2 is 1.85 bits per heavy atom. The summed E-state index contributed by atoms with van der Waals surface area (Å²) in [5, 5.41) is 1.14. The maximum atomic E-state index is 13.2. The summed E-state index contributed by atoms with van der Waals surface area (Å²) in [4.78, 5) is 1.98. The molecule has 0 radical (unpaired) electrons. The van der Waals surface area contributed by atoms with Crippen LogP contribution < -0.4 is 10.6 Å². The molecule has 0 unspecified atom stereocenters. The summed E-state index contributed by atoms with van der Waals surface area (Å²) in [5.74, 6) is -0.322. The zero-order valence-corrected chi connectivity index (χ0v) is 11.5. The molecule has 0 atom stereocenters. The van der Waals surface area contributed by atoms with Crippen LogP contribution in [0.1, 0.15) is 0 Å². The Hall–Kier alpha value is -2.49. The average Bonchev–Trinajstić information content (AvgIpc) is 2.76. The lowest BCUT2D eigenvalue weighted by Gasteiger charge is -2.20. The highest BCUT2D eigenvalue weighted by atomic mass is 19.1. The van der Waals surface area contributed by atoms with Gasteiger partial charge in [-0.2, -0.15) is 0 Å². The van der Waals surface area contributed by atoms with E-state index in [2.05, 4.69) is 16.7 Å². The second-order valence-electron chi connectivity index (χ2n) is 4.90. The lowest BCUT2D eigenvalue weighted by atomic mass is 10.2. The topological polar surface area (TPSA) is 34.2 Å². The molecule has 0 aliphatic carbocycles. The average molecular weight is 269 g/mol. The number of para-hydroxylation sites is 1. The predicted octanol–water partition coefficient (Wildman–Crippen LogP) is 3.67. The van der Waals surface area contributed by atoms with Crippen LogP contribution in [0.25, 0.3) is 10.9 Å². The Balaban J connectivity index is 2.15. The molecule has 0 fully saturated rings. The molecule has 4 heteroatoms. The second kappa shape index (κ2) is 4.56. The van der Waals surface area contributed by atoms with E-state index < -0.39 is 0 Å². The van der Waals surface area contributed by atoms with E-state index in [0.29, 0.717) is 5.69 Å². The summed E-state index contributed by atoms with van der Waals surface area (Å²) < 4.78 is 15.2. The number of fused-ring (bicyclic) bond motifs is 1.